The Labute approximate surface area is 161 Å². The van der Waals surface area contributed by atoms with Crippen LogP contribution in [0.5, 0.6) is 0 Å². The molecule has 0 atom stereocenters. The molecule has 3 rings (SSSR count). The topological polar surface area (TPSA) is 66.7 Å². The number of amides is 1. The average Bonchev–Trinajstić information content (AvgIpc) is 3.02. The zero-order valence-corrected chi connectivity index (χ0v) is 16.3. The lowest BCUT2D eigenvalue weighted by molar-refractivity contribution is -0.384. The van der Waals surface area contributed by atoms with Gasteiger partial charge in [-0.2, -0.15) is 0 Å². The molecule has 1 aromatic carbocycles. The van der Waals surface area contributed by atoms with Gasteiger partial charge in [-0.1, -0.05) is 18.5 Å². The zero-order chi connectivity index (χ0) is 18.8. The Balaban J connectivity index is 1.71. The number of hydrogen-bond acceptors (Lipinski definition) is 5. The van der Waals surface area contributed by atoms with Gasteiger partial charge in [0.15, 0.2) is 0 Å². The van der Waals surface area contributed by atoms with E-state index in [9.17, 15) is 14.9 Å². The number of carbonyl (C=O) groups excluding carboxylic acids is 1. The van der Waals surface area contributed by atoms with Gasteiger partial charge in [0.05, 0.1) is 9.80 Å². The van der Waals surface area contributed by atoms with Gasteiger partial charge in [0.1, 0.15) is 5.69 Å². The molecule has 138 valence electrons. The highest BCUT2D eigenvalue weighted by molar-refractivity contribution is 7.14. The normalized spacial score (nSPS) is 14.6. The number of thiophene rings is 1. The molecule has 0 bridgehead atoms. The van der Waals surface area contributed by atoms with Crippen molar-refractivity contribution >= 4 is 40.2 Å². The van der Waals surface area contributed by atoms with Crippen molar-refractivity contribution < 1.29 is 9.72 Å². The van der Waals surface area contributed by atoms with Crippen LogP contribution in [-0.2, 0) is 6.42 Å². The Morgan fingerprint density at radius 3 is 2.54 bits per heavy atom. The van der Waals surface area contributed by atoms with Crippen LogP contribution in [0.25, 0.3) is 0 Å². The molecule has 1 fully saturated rings. The molecule has 0 N–H and O–H groups in total. The fourth-order valence-electron chi connectivity index (χ4n) is 3.19. The molecule has 2 heterocycles. The lowest BCUT2D eigenvalue weighted by atomic mass is 10.2. The van der Waals surface area contributed by atoms with Gasteiger partial charge in [-0.15, -0.1) is 11.3 Å². The standard InChI is InChI=1S/C18H20ClN3O3S/c1-3-13-10-17(26-12(13)2)18(23)21-8-6-20(7-9-21)15-5-4-14(19)11-16(15)22(24)25/h4-5,10-11H,3,6-9H2,1-2H3. The number of rotatable bonds is 4. The van der Waals surface area contributed by atoms with Crippen molar-refractivity contribution in [2.24, 2.45) is 0 Å². The Morgan fingerprint density at radius 1 is 1.27 bits per heavy atom. The number of carbonyl (C=O) groups is 1. The number of hydrogen-bond donors (Lipinski definition) is 0. The van der Waals surface area contributed by atoms with Gasteiger partial charge < -0.3 is 9.80 Å². The fourth-order valence-corrected chi connectivity index (χ4v) is 4.44. The maximum absolute atomic E-state index is 12.7. The van der Waals surface area contributed by atoms with Crippen LogP contribution in [0, 0.1) is 17.0 Å². The first kappa shape index (κ1) is 18.7. The summed E-state index contributed by atoms with van der Waals surface area (Å²) in [6, 6.07) is 6.68. The van der Waals surface area contributed by atoms with Gasteiger partial charge in [-0.05, 0) is 37.1 Å². The molecular weight excluding hydrogens is 374 g/mol. The molecule has 0 aliphatic carbocycles. The minimum atomic E-state index is -0.417. The number of aryl methyl sites for hydroxylation is 2. The van der Waals surface area contributed by atoms with Gasteiger partial charge in [0.25, 0.3) is 11.6 Å². The van der Waals surface area contributed by atoms with E-state index in [1.54, 1.807) is 12.1 Å². The van der Waals surface area contributed by atoms with Gasteiger partial charge >= 0.3 is 0 Å². The molecule has 26 heavy (non-hydrogen) atoms. The Morgan fingerprint density at radius 2 is 1.96 bits per heavy atom. The first-order valence-corrected chi connectivity index (χ1v) is 9.67. The second kappa shape index (κ2) is 7.63. The largest absolute Gasteiger partial charge is 0.362 e. The summed E-state index contributed by atoms with van der Waals surface area (Å²) >= 11 is 7.42. The van der Waals surface area contributed by atoms with Crippen molar-refractivity contribution in [1.82, 2.24) is 4.90 Å². The predicted molar refractivity (Wildman–Crippen MR) is 105 cm³/mol. The lowest BCUT2D eigenvalue weighted by Crippen LogP contribution is -2.48. The minimum Gasteiger partial charge on any atom is -0.362 e. The second-order valence-electron chi connectivity index (χ2n) is 6.22. The molecule has 1 amide bonds. The second-order valence-corrected chi connectivity index (χ2v) is 7.91. The number of nitro benzene ring substituents is 1. The first-order chi connectivity index (χ1) is 12.4. The van der Waals surface area contributed by atoms with Gasteiger partial charge in [-0.25, -0.2) is 0 Å². The van der Waals surface area contributed by atoms with Crippen molar-refractivity contribution in [2.75, 3.05) is 31.1 Å². The molecule has 1 aromatic heterocycles. The number of piperazine rings is 1. The van der Waals surface area contributed by atoms with Crippen molar-refractivity contribution in [2.45, 2.75) is 20.3 Å². The van der Waals surface area contributed by atoms with E-state index in [1.165, 1.54) is 27.8 Å². The number of benzene rings is 1. The van der Waals surface area contributed by atoms with Crippen molar-refractivity contribution in [3.63, 3.8) is 0 Å². The third-order valence-electron chi connectivity index (χ3n) is 4.65. The molecule has 0 radical (unpaired) electrons. The number of halogens is 1. The molecule has 0 saturated carbocycles. The van der Waals surface area contributed by atoms with Gasteiger partial charge in [0.2, 0.25) is 0 Å². The number of anilines is 1. The van der Waals surface area contributed by atoms with Crippen LogP contribution in [0.1, 0.15) is 27.0 Å². The number of nitro groups is 1. The van der Waals surface area contributed by atoms with Gasteiger partial charge in [-0.3, -0.25) is 14.9 Å². The van der Waals surface area contributed by atoms with Crippen LogP contribution < -0.4 is 4.90 Å². The molecular formula is C18H20ClN3O3S. The van der Waals surface area contributed by atoms with Crippen LogP contribution in [0.15, 0.2) is 24.3 Å². The molecule has 1 saturated heterocycles. The highest BCUT2D eigenvalue weighted by Gasteiger charge is 2.27. The smallest absolute Gasteiger partial charge is 0.294 e. The van der Waals surface area contributed by atoms with Crippen LogP contribution in [0.4, 0.5) is 11.4 Å². The average molecular weight is 394 g/mol. The quantitative estimate of drug-likeness (QED) is 0.578. The Hall–Kier alpha value is -2.12. The van der Waals surface area contributed by atoms with Crippen LogP contribution in [-0.4, -0.2) is 41.9 Å². The molecule has 6 nitrogen and oxygen atoms in total. The zero-order valence-electron chi connectivity index (χ0n) is 14.7. The molecule has 0 unspecified atom stereocenters. The summed E-state index contributed by atoms with van der Waals surface area (Å²) in [6.45, 7) is 6.31. The van der Waals surface area contributed by atoms with Gasteiger partial charge in [0, 0.05) is 42.1 Å². The van der Waals surface area contributed by atoms with E-state index in [1.807, 2.05) is 22.8 Å². The lowest BCUT2D eigenvalue weighted by Gasteiger charge is -2.35. The minimum absolute atomic E-state index is 0.00116. The summed E-state index contributed by atoms with van der Waals surface area (Å²) in [4.78, 5) is 29.3. The highest BCUT2D eigenvalue weighted by atomic mass is 35.5. The van der Waals surface area contributed by atoms with Crippen LogP contribution >= 0.6 is 22.9 Å². The summed E-state index contributed by atoms with van der Waals surface area (Å²) in [6.07, 6.45) is 0.920. The van der Waals surface area contributed by atoms with Crippen molar-refractivity contribution in [3.05, 3.63) is 54.7 Å². The number of nitrogens with zero attached hydrogens (tertiary/aromatic N) is 3. The highest BCUT2D eigenvalue weighted by Crippen LogP contribution is 2.32. The monoisotopic (exact) mass is 393 g/mol. The maximum Gasteiger partial charge on any atom is 0.294 e. The molecule has 1 aliphatic rings. The predicted octanol–water partition coefficient (Wildman–Crippen LogP) is 4.14. The third kappa shape index (κ3) is 3.68. The van der Waals surface area contributed by atoms with Crippen molar-refractivity contribution in [3.8, 4) is 0 Å². The SMILES string of the molecule is CCc1cc(C(=O)N2CCN(c3ccc(Cl)cc3[N+](=O)[O-])CC2)sc1C. The Kier molecular flexibility index (Phi) is 5.48. The summed E-state index contributed by atoms with van der Waals surface area (Å²) in [5.74, 6) is 0.0445. The summed E-state index contributed by atoms with van der Waals surface area (Å²) in [7, 11) is 0. The van der Waals surface area contributed by atoms with E-state index in [0.29, 0.717) is 36.9 Å². The summed E-state index contributed by atoms with van der Waals surface area (Å²) in [5, 5.41) is 11.6. The molecule has 0 spiro atoms. The first-order valence-electron chi connectivity index (χ1n) is 8.48. The molecule has 8 heteroatoms. The Bertz CT molecular complexity index is 844. The van der Waals surface area contributed by atoms with E-state index in [0.717, 1.165) is 11.3 Å². The molecule has 1 aliphatic heterocycles. The summed E-state index contributed by atoms with van der Waals surface area (Å²) < 4.78 is 0. The van der Waals surface area contributed by atoms with Crippen LogP contribution in [0.2, 0.25) is 5.02 Å². The van der Waals surface area contributed by atoms with E-state index in [4.69, 9.17) is 11.6 Å². The van der Waals surface area contributed by atoms with E-state index in [-0.39, 0.29) is 11.6 Å². The van der Waals surface area contributed by atoms with E-state index >= 15 is 0 Å². The van der Waals surface area contributed by atoms with E-state index in [2.05, 4.69) is 6.92 Å². The fraction of sp³-hybridized carbons (Fsp3) is 0.389. The molecule has 2 aromatic rings. The third-order valence-corrected chi connectivity index (χ3v) is 5.97. The van der Waals surface area contributed by atoms with Crippen LogP contribution in [0.3, 0.4) is 0 Å². The summed E-state index contributed by atoms with van der Waals surface area (Å²) in [5.41, 5.74) is 1.76. The maximum atomic E-state index is 12.7. The van der Waals surface area contributed by atoms with Crippen molar-refractivity contribution in [1.29, 1.82) is 0 Å². The van der Waals surface area contributed by atoms with E-state index < -0.39 is 4.92 Å².